The summed E-state index contributed by atoms with van der Waals surface area (Å²) in [6, 6.07) is 20.1. The van der Waals surface area contributed by atoms with Gasteiger partial charge in [0.25, 0.3) is 0 Å². The molecule has 34 heavy (non-hydrogen) atoms. The molecule has 0 aliphatic rings. The van der Waals surface area contributed by atoms with Crippen LogP contribution < -0.4 is 20.2 Å². The van der Waals surface area contributed by atoms with Gasteiger partial charge in [-0.1, -0.05) is 30.3 Å². The predicted octanol–water partition coefficient (Wildman–Crippen LogP) is 4.07. The number of fused-ring (bicyclic) bond motifs is 2. The summed E-state index contributed by atoms with van der Waals surface area (Å²) < 4.78 is 18.1. The van der Waals surface area contributed by atoms with Crippen LogP contribution in [-0.4, -0.2) is 37.9 Å². The van der Waals surface area contributed by atoms with Crippen LogP contribution in [0.4, 0.5) is 0 Å². The number of ether oxygens (including phenoxy) is 3. The van der Waals surface area contributed by atoms with Crippen molar-refractivity contribution >= 4 is 27.7 Å². The fraction of sp³-hybridized carbons (Fsp3) is 0.259. The Morgan fingerprint density at radius 2 is 1.56 bits per heavy atom. The number of nitrogens with one attached hydrogen (secondary N) is 1. The summed E-state index contributed by atoms with van der Waals surface area (Å²) in [6.07, 6.45) is 0. The van der Waals surface area contributed by atoms with Gasteiger partial charge in [-0.05, 0) is 48.9 Å². The molecule has 1 aromatic heterocycles. The number of aromatic nitrogens is 1. The molecule has 0 spiro atoms. The third-order valence-corrected chi connectivity index (χ3v) is 5.79. The molecule has 0 bridgehead atoms. The standard InChI is InChI=1S/C27H28N2O5/c1-18(19-12-13-24(25(16-19)33-3)34-15-14-32-2)28-26(30)17-29-22-10-6-4-8-20(22)27(31)21-9-5-7-11-23(21)29/h4-13,16,18H,14-15,17H2,1-3H3,(H,28,30). The van der Waals surface area contributed by atoms with Gasteiger partial charge in [0.15, 0.2) is 16.9 Å². The highest BCUT2D eigenvalue weighted by Crippen LogP contribution is 2.30. The van der Waals surface area contributed by atoms with Crippen molar-refractivity contribution in [3.05, 3.63) is 82.5 Å². The molecule has 1 atom stereocenters. The van der Waals surface area contributed by atoms with E-state index in [2.05, 4.69) is 5.32 Å². The predicted molar refractivity (Wildman–Crippen MR) is 133 cm³/mol. The van der Waals surface area contributed by atoms with E-state index in [0.717, 1.165) is 16.6 Å². The van der Waals surface area contributed by atoms with E-state index in [9.17, 15) is 9.59 Å². The Morgan fingerprint density at radius 1 is 0.912 bits per heavy atom. The zero-order valence-electron chi connectivity index (χ0n) is 19.5. The van der Waals surface area contributed by atoms with Gasteiger partial charge in [-0.2, -0.15) is 0 Å². The SMILES string of the molecule is COCCOc1ccc(C(C)NC(=O)Cn2c3ccccc3c(=O)c3ccccc32)cc1OC. The quantitative estimate of drug-likeness (QED) is 0.301. The number of benzene rings is 3. The lowest BCUT2D eigenvalue weighted by Crippen LogP contribution is -2.30. The highest BCUT2D eigenvalue weighted by atomic mass is 16.5. The third kappa shape index (κ3) is 4.75. The topological polar surface area (TPSA) is 78.8 Å². The van der Waals surface area contributed by atoms with Crippen LogP contribution in [0.1, 0.15) is 18.5 Å². The second-order valence-corrected chi connectivity index (χ2v) is 7.99. The number of para-hydroxylation sites is 2. The van der Waals surface area contributed by atoms with E-state index in [1.54, 1.807) is 26.4 Å². The number of rotatable bonds is 9. The summed E-state index contributed by atoms with van der Waals surface area (Å²) in [7, 11) is 3.20. The van der Waals surface area contributed by atoms with E-state index in [4.69, 9.17) is 14.2 Å². The fourth-order valence-corrected chi connectivity index (χ4v) is 4.07. The van der Waals surface area contributed by atoms with E-state index in [-0.39, 0.29) is 23.9 Å². The Bertz CT molecular complexity index is 1320. The minimum Gasteiger partial charge on any atom is -0.493 e. The van der Waals surface area contributed by atoms with Gasteiger partial charge in [-0.15, -0.1) is 0 Å². The highest BCUT2D eigenvalue weighted by Gasteiger charge is 2.16. The van der Waals surface area contributed by atoms with Crippen LogP contribution in [0.3, 0.4) is 0 Å². The Kier molecular flexibility index (Phi) is 7.13. The largest absolute Gasteiger partial charge is 0.493 e. The van der Waals surface area contributed by atoms with Gasteiger partial charge in [0.1, 0.15) is 13.2 Å². The second kappa shape index (κ2) is 10.4. The van der Waals surface area contributed by atoms with Crippen LogP contribution in [0.5, 0.6) is 11.5 Å². The molecular weight excluding hydrogens is 432 g/mol. The Hall–Kier alpha value is -3.84. The molecule has 1 heterocycles. The maximum absolute atomic E-state index is 13.1. The van der Waals surface area contributed by atoms with Crippen molar-refractivity contribution in [1.29, 1.82) is 0 Å². The van der Waals surface area contributed by atoms with Crippen molar-refractivity contribution in [2.75, 3.05) is 27.4 Å². The molecule has 1 N–H and O–H groups in total. The van der Waals surface area contributed by atoms with E-state index < -0.39 is 0 Å². The van der Waals surface area contributed by atoms with Gasteiger partial charge >= 0.3 is 0 Å². The molecule has 176 valence electrons. The molecule has 3 aromatic carbocycles. The number of methoxy groups -OCH3 is 2. The number of hydrogen-bond acceptors (Lipinski definition) is 5. The van der Waals surface area contributed by atoms with E-state index >= 15 is 0 Å². The first-order chi connectivity index (χ1) is 16.5. The van der Waals surface area contributed by atoms with Crippen LogP contribution in [0.15, 0.2) is 71.5 Å². The van der Waals surface area contributed by atoms with Crippen LogP contribution in [-0.2, 0) is 16.1 Å². The van der Waals surface area contributed by atoms with Crippen molar-refractivity contribution in [2.24, 2.45) is 0 Å². The van der Waals surface area contributed by atoms with Crippen molar-refractivity contribution in [3.8, 4) is 11.5 Å². The summed E-state index contributed by atoms with van der Waals surface area (Å²) in [5, 5.41) is 4.24. The van der Waals surface area contributed by atoms with Gasteiger partial charge in [0.2, 0.25) is 5.91 Å². The lowest BCUT2D eigenvalue weighted by atomic mass is 10.1. The summed E-state index contributed by atoms with van der Waals surface area (Å²) in [4.78, 5) is 26.0. The molecule has 0 radical (unpaired) electrons. The first kappa shape index (κ1) is 23.3. The van der Waals surface area contributed by atoms with Crippen molar-refractivity contribution < 1.29 is 19.0 Å². The molecule has 0 aliphatic heterocycles. The first-order valence-corrected chi connectivity index (χ1v) is 11.1. The Morgan fingerprint density at radius 3 is 2.18 bits per heavy atom. The monoisotopic (exact) mass is 460 g/mol. The normalized spacial score (nSPS) is 12.0. The first-order valence-electron chi connectivity index (χ1n) is 11.1. The molecule has 0 fully saturated rings. The Balaban J connectivity index is 1.57. The highest BCUT2D eigenvalue weighted by molar-refractivity contribution is 5.94. The van der Waals surface area contributed by atoms with Gasteiger partial charge in [-0.25, -0.2) is 0 Å². The minimum absolute atomic E-state index is 0.0314. The maximum Gasteiger partial charge on any atom is 0.240 e. The zero-order valence-corrected chi connectivity index (χ0v) is 19.5. The fourth-order valence-electron chi connectivity index (χ4n) is 4.07. The molecule has 7 heteroatoms. The molecule has 7 nitrogen and oxygen atoms in total. The number of pyridine rings is 1. The van der Waals surface area contributed by atoms with Crippen LogP contribution >= 0.6 is 0 Å². The average Bonchev–Trinajstić information content (AvgIpc) is 2.86. The third-order valence-electron chi connectivity index (χ3n) is 5.79. The molecule has 0 saturated heterocycles. The van der Waals surface area contributed by atoms with E-state index in [0.29, 0.717) is 35.5 Å². The maximum atomic E-state index is 13.1. The van der Waals surface area contributed by atoms with Crippen LogP contribution in [0.2, 0.25) is 0 Å². The summed E-state index contributed by atoms with van der Waals surface area (Å²) in [5.41, 5.74) is 2.32. The molecule has 4 rings (SSSR count). The summed E-state index contributed by atoms with van der Waals surface area (Å²) in [6.45, 7) is 2.90. The number of nitrogens with zero attached hydrogens (tertiary/aromatic N) is 1. The number of amides is 1. The lowest BCUT2D eigenvalue weighted by molar-refractivity contribution is -0.122. The summed E-state index contributed by atoms with van der Waals surface area (Å²) in [5.74, 6) is 1.05. The average molecular weight is 461 g/mol. The molecule has 0 aliphatic carbocycles. The zero-order chi connectivity index (χ0) is 24.1. The smallest absolute Gasteiger partial charge is 0.240 e. The lowest BCUT2D eigenvalue weighted by Gasteiger charge is -2.19. The molecule has 1 unspecified atom stereocenters. The Labute approximate surface area is 197 Å². The van der Waals surface area contributed by atoms with Crippen molar-refractivity contribution in [2.45, 2.75) is 19.5 Å². The molecular formula is C27H28N2O5. The van der Waals surface area contributed by atoms with Crippen molar-refractivity contribution in [3.63, 3.8) is 0 Å². The van der Waals surface area contributed by atoms with E-state index in [1.165, 1.54) is 0 Å². The summed E-state index contributed by atoms with van der Waals surface area (Å²) >= 11 is 0. The van der Waals surface area contributed by atoms with Gasteiger partial charge in [0.05, 0.1) is 30.8 Å². The minimum atomic E-state index is -0.258. The second-order valence-electron chi connectivity index (χ2n) is 7.99. The van der Waals surface area contributed by atoms with Gasteiger partial charge in [0, 0.05) is 17.9 Å². The molecule has 0 saturated carbocycles. The number of carbonyl (C=O) groups excluding carboxylic acids is 1. The van der Waals surface area contributed by atoms with Gasteiger partial charge in [-0.3, -0.25) is 9.59 Å². The number of carbonyl (C=O) groups is 1. The van der Waals surface area contributed by atoms with Gasteiger partial charge < -0.3 is 24.1 Å². The molecule has 4 aromatic rings. The van der Waals surface area contributed by atoms with Crippen LogP contribution in [0, 0.1) is 0 Å². The van der Waals surface area contributed by atoms with Crippen molar-refractivity contribution in [1.82, 2.24) is 9.88 Å². The molecule has 1 amide bonds. The van der Waals surface area contributed by atoms with E-state index in [1.807, 2.05) is 66.1 Å². The number of hydrogen-bond donors (Lipinski definition) is 1. The van der Waals surface area contributed by atoms with Crippen LogP contribution in [0.25, 0.3) is 21.8 Å².